The van der Waals surface area contributed by atoms with E-state index in [-0.39, 0.29) is 12.5 Å². The summed E-state index contributed by atoms with van der Waals surface area (Å²) < 4.78 is 0. The van der Waals surface area contributed by atoms with Crippen molar-refractivity contribution in [3.05, 3.63) is 22.4 Å². The van der Waals surface area contributed by atoms with Crippen LogP contribution in [0.25, 0.3) is 0 Å². The molecule has 0 aromatic carbocycles. The first-order valence-electron chi connectivity index (χ1n) is 5.58. The van der Waals surface area contributed by atoms with Gasteiger partial charge in [-0.2, -0.15) is 0 Å². The predicted molar refractivity (Wildman–Crippen MR) is 71.1 cm³/mol. The second-order valence-electron chi connectivity index (χ2n) is 4.48. The third-order valence-corrected chi connectivity index (χ3v) is 3.75. The van der Waals surface area contributed by atoms with Crippen molar-refractivity contribution >= 4 is 29.1 Å². The summed E-state index contributed by atoms with van der Waals surface area (Å²) in [5, 5.41) is 13.2. The third-order valence-electron chi connectivity index (χ3n) is 2.88. The van der Waals surface area contributed by atoms with Gasteiger partial charge in [0.05, 0.1) is 11.4 Å². The zero-order chi connectivity index (χ0) is 14.6. The first-order valence-corrected chi connectivity index (χ1v) is 6.46. The van der Waals surface area contributed by atoms with Gasteiger partial charge in [0.25, 0.3) is 5.91 Å². The fraction of sp³-hybridized carbons (Fsp3) is 0.417. The van der Waals surface area contributed by atoms with Crippen molar-refractivity contribution in [2.75, 3.05) is 13.6 Å². The SMILES string of the molecule is CN(C(=O)CNC(=O)c1cccs1)C(C)(C)C(=O)O. The Balaban J connectivity index is 2.57. The highest BCUT2D eigenvalue weighted by Crippen LogP contribution is 2.12. The van der Waals surface area contributed by atoms with Crippen molar-refractivity contribution in [3.63, 3.8) is 0 Å². The van der Waals surface area contributed by atoms with Gasteiger partial charge in [0.1, 0.15) is 5.54 Å². The number of rotatable bonds is 5. The molecule has 1 rings (SSSR count). The van der Waals surface area contributed by atoms with Crippen LogP contribution in [-0.2, 0) is 9.59 Å². The van der Waals surface area contributed by atoms with E-state index in [4.69, 9.17) is 5.11 Å². The number of amides is 2. The molecule has 0 aliphatic rings. The molecule has 1 aromatic heterocycles. The van der Waals surface area contributed by atoms with Crippen LogP contribution >= 0.6 is 11.3 Å². The first-order chi connectivity index (χ1) is 8.76. The number of carboxylic acid groups (broad SMARTS) is 1. The van der Waals surface area contributed by atoms with Crippen molar-refractivity contribution in [3.8, 4) is 0 Å². The van der Waals surface area contributed by atoms with Gasteiger partial charge in [-0.3, -0.25) is 9.59 Å². The number of aliphatic carboxylic acids is 1. The predicted octanol–water partition coefficient (Wildman–Crippen LogP) is 0.799. The molecule has 0 aliphatic carbocycles. The standard InChI is InChI=1S/C12H16N2O4S/c1-12(2,11(17)18)14(3)9(15)7-13-10(16)8-5-4-6-19-8/h4-6H,7H2,1-3H3,(H,13,16)(H,17,18). The van der Waals surface area contributed by atoms with Crippen LogP contribution in [0.4, 0.5) is 0 Å². The summed E-state index contributed by atoms with van der Waals surface area (Å²) in [5.41, 5.74) is -1.31. The molecular formula is C12H16N2O4S. The molecule has 0 bridgehead atoms. The number of thiophene rings is 1. The molecule has 1 aromatic rings. The maximum absolute atomic E-state index is 11.8. The highest BCUT2D eigenvalue weighted by molar-refractivity contribution is 7.12. The smallest absolute Gasteiger partial charge is 0.329 e. The number of hydrogen-bond acceptors (Lipinski definition) is 4. The molecule has 0 saturated heterocycles. The van der Waals surface area contributed by atoms with E-state index in [1.165, 1.54) is 32.2 Å². The molecule has 7 heteroatoms. The largest absolute Gasteiger partial charge is 0.480 e. The topological polar surface area (TPSA) is 86.7 Å². The number of nitrogens with zero attached hydrogens (tertiary/aromatic N) is 1. The van der Waals surface area contributed by atoms with Gasteiger partial charge < -0.3 is 15.3 Å². The normalized spacial score (nSPS) is 10.9. The van der Waals surface area contributed by atoms with Crippen LogP contribution in [0.2, 0.25) is 0 Å². The molecule has 1 heterocycles. The lowest BCUT2D eigenvalue weighted by molar-refractivity contribution is -0.154. The van der Waals surface area contributed by atoms with Gasteiger partial charge in [-0.15, -0.1) is 11.3 Å². The van der Waals surface area contributed by atoms with Crippen molar-refractivity contribution in [1.29, 1.82) is 0 Å². The summed E-state index contributed by atoms with van der Waals surface area (Å²) in [6.07, 6.45) is 0. The summed E-state index contributed by atoms with van der Waals surface area (Å²) >= 11 is 1.27. The number of carboxylic acids is 1. The lowest BCUT2D eigenvalue weighted by Gasteiger charge is -2.31. The van der Waals surface area contributed by atoms with E-state index in [1.54, 1.807) is 17.5 Å². The summed E-state index contributed by atoms with van der Waals surface area (Å²) in [7, 11) is 1.40. The van der Waals surface area contributed by atoms with Gasteiger partial charge in [-0.25, -0.2) is 4.79 Å². The van der Waals surface area contributed by atoms with Crippen molar-refractivity contribution in [2.24, 2.45) is 0 Å². The van der Waals surface area contributed by atoms with Crippen molar-refractivity contribution < 1.29 is 19.5 Å². The van der Waals surface area contributed by atoms with Crippen LogP contribution in [0, 0.1) is 0 Å². The molecular weight excluding hydrogens is 268 g/mol. The van der Waals surface area contributed by atoms with Gasteiger partial charge in [0.15, 0.2) is 0 Å². The van der Waals surface area contributed by atoms with E-state index in [0.29, 0.717) is 4.88 Å². The van der Waals surface area contributed by atoms with E-state index in [1.807, 2.05) is 0 Å². The van der Waals surface area contributed by atoms with Crippen LogP contribution in [0.1, 0.15) is 23.5 Å². The molecule has 2 N–H and O–H groups in total. The number of nitrogens with one attached hydrogen (secondary N) is 1. The second kappa shape index (κ2) is 5.83. The molecule has 2 amide bonds. The first kappa shape index (κ1) is 15.2. The molecule has 0 saturated carbocycles. The van der Waals surface area contributed by atoms with Crippen LogP contribution in [0.3, 0.4) is 0 Å². The zero-order valence-corrected chi connectivity index (χ0v) is 11.8. The van der Waals surface area contributed by atoms with Crippen LogP contribution < -0.4 is 5.32 Å². The summed E-state index contributed by atoms with van der Waals surface area (Å²) in [6.45, 7) is 2.62. The molecule has 19 heavy (non-hydrogen) atoms. The molecule has 0 atom stereocenters. The lowest BCUT2D eigenvalue weighted by atomic mass is 10.0. The lowest BCUT2D eigenvalue weighted by Crippen LogP contribution is -2.53. The Kier molecular flexibility index (Phi) is 4.66. The minimum atomic E-state index is -1.31. The van der Waals surface area contributed by atoms with Gasteiger partial charge in [0.2, 0.25) is 5.91 Å². The highest BCUT2D eigenvalue weighted by Gasteiger charge is 2.35. The van der Waals surface area contributed by atoms with Crippen LogP contribution in [0.15, 0.2) is 17.5 Å². The maximum atomic E-state index is 11.8. The average Bonchev–Trinajstić information content (AvgIpc) is 2.88. The molecule has 0 aliphatic heterocycles. The van der Waals surface area contributed by atoms with Gasteiger partial charge in [0, 0.05) is 7.05 Å². The van der Waals surface area contributed by atoms with Crippen LogP contribution in [-0.4, -0.2) is 46.9 Å². The Morgan fingerprint density at radius 1 is 1.42 bits per heavy atom. The fourth-order valence-corrected chi connectivity index (χ4v) is 1.86. The minimum absolute atomic E-state index is 0.232. The highest BCUT2D eigenvalue weighted by atomic mass is 32.1. The number of carbonyl (C=O) groups is 3. The minimum Gasteiger partial charge on any atom is -0.480 e. The molecule has 0 unspecified atom stereocenters. The number of carbonyl (C=O) groups excluding carboxylic acids is 2. The molecule has 6 nitrogen and oxygen atoms in total. The number of likely N-dealkylation sites (N-methyl/N-ethyl adjacent to an activating group) is 1. The Morgan fingerprint density at radius 3 is 2.53 bits per heavy atom. The van der Waals surface area contributed by atoms with Gasteiger partial charge >= 0.3 is 5.97 Å². The van der Waals surface area contributed by atoms with E-state index in [2.05, 4.69) is 5.32 Å². The Labute approximate surface area is 115 Å². The van der Waals surface area contributed by atoms with E-state index in [0.717, 1.165) is 4.90 Å². The molecule has 0 fully saturated rings. The quantitative estimate of drug-likeness (QED) is 0.837. The van der Waals surface area contributed by atoms with Crippen molar-refractivity contribution in [1.82, 2.24) is 10.2 Å². The summed E-state index contributed by atoms with van der Waals surface area (Å²) in [5.74, 6) is -1.91. The fourth-order valence-electron chi connectivity index (χ4n) is 1.22. The monoisotopic (exact) mass is 284 g/mol. The average molecular weight is 284 g/mol. The Hall–Kier alpha value is -1.89. The van der Waals surface area contributed by atoms with Crippen molar-refractivity contribution in [2.45, 2.75) is 19.4 Å². The van der Waals surface area contributed by atoms with E-state index < -0.39 is 17.4 Å². The maximum Gasteiger partial charge on any atom is 0.329 e. The second-order valence-corrected chi connectivity index (χ2v) is 5.42. The molecule has 104 valence electrons. The summed E-state index contributed by atoms with van der Waals surface area (Å²) in [4.78, 5) is 36.1. The van der Waals surface area contributed by atoms with E-state index >= 15 is 0 Å². The molecule has 0 spiro atoms. The molecule has 0 radical (unpaired) electrons. The van der Waals surface area contributed by atoms with Crippen LogP contribution in [0.5, 0.6) is 0 Å². The Bertz CT molecular complexity index is 482. The summed E-state index contributed by atoms with van der Waals surface area (Å²) in [6, 6.07) is 3.39. The van der Waals surface area contributed by atoms with Gasteiger partial charge in [-0.05, 0) is 25.3 Å². The van der Waals surface area contributed by atoms with E-state index in [9.17, 15) is 14.4 Å². The Morgan fingerprint density at radius 2 is 2.05 bits per heavy atom. The zero-order valence-electron chi connectivity index (χ0n) is 11.0. The van der Waals surface area contributed by atoms with Gasteiger partial charge in [-0.1, -0.05) is 6.07 Å². The number of hydrogen-bond donors (Lipinski definition) is 2. The third kappa shape index (κ3) is 3.54.